The standard InChI is InChI=1S/C31H31FN4O2/c1-4-10-22-11-6-9-14-27(22)36-30(38)19-28(35-18-17-34(20-21(35)3)29(37)5-2)24-15-16-26(33-31(24)36)23-12-7-8-13-25(23)32/h5-9,11-16,19,21H,2,4,10,17-18,20H2,1,3H3/t21-/m0/s1. The molecule has 38 heavy (non-hydrogen) atoms. The maximum atomic E-state index is 14.7. The SMILES string of the molecule is C=CC(=O)N1CCN(c2cc(=O)n(-c3ccccc3CCC)c3nc(-c4ccccc4F)ccc23)[C@@H](C)C1. The lowest BCUT2D eigenvalue weighted by molar-refractivity contribution is -0.126. The van der Waals surface area contributed by atoms with Gasteiger partial charge in [-0.15, -0.1) is 0 Å². The van der Waals surface area contributed by atoms with Crippen LogP contribution in [0.2, 0.25) is 0 Å². The van der Waals surface area contributed by atoms with Crippen LogP contribution in [-0.4, -0.2) is 46.0 Å². The van der Waals surface area contributed by atoms with Crippen LogP contribution in [0.4, 0.5) is 10.1 Å². The first-order valence-corrected chi connectivity index (χ1v) is 13.0. The Balaban J connectivity index is 1.73. The average Bonchev–Trinajstić information content (AvgIpc) is 2.93. The molecule has 0 aliphatic carbocycles. The molecule has 1 amide bonds. The smallest absolute Gasteiger partial charge is 0.258 e. The Bertz CT molecular complexity index is 1580. The number of para-hydroxylation sites is 1. The molecule has 1 fully saturated rings. The van der Waals surface area contributed by atoms with Crippen molar-refractivity contribution in [3.8, 4) is 16.9 Å². The molecule has 0 unspecified atom stereocenters. The van der Waals surface area contributed by atoms with Gasteiger partial charge in [0.1, 0.15) is 11.5 Å². The van der Waals surface area contributed by atoms with Gasteiger partial charge in [0.25, 0.3) is 5.56 Å². The predicted octanol–water partition coefficient (Wildman–Crippen LogP) is 5.37. The zero-order valence-corrected chi connectivity index (χ0v) is 21.7. The quantitative estimate of drug-likeness (QED) is 0.328. The minimum absolute atomic E-state index is 0.0234. The first-order chi connectivity index (χ1) is 18.4. The van der Waals surface area contributed by atoms with E-state index in [1.807, 2.05) is 37.3 Å². The van der Waals surface area contributed by atoms with Gasteiger partial charge in [-0.3, -0.25) is 14.2 Å². The largest absolute Gasteiger partial charge is 0.365 e. The van der Waals surface area contributed by atoms with Gasteiger partial charge in [-0.1, -0.05) is 50.3 Å². The molecule has 3 heterocycles. The number of fused-ring (bicyclic) bond motifs is 1. The fourth-order valence-corrected chi connectivity index (χ4v) is 5.33. The molecule has 2 aromatic heterocycles. The highest BCUT2D eigenvalue weighted by molar-refractivity contribution is 5.93. The molecular weight excluding hydrogens is 479 g/mol. The highest BCUT2D eigenvalue weighted by atomic mass is 19.1. The van der Waals surface area contributed by atoms with Crippen molar-refractivity contribution in [1.29, 1.82) is 0 Å². The summed E-state index contributed by atoms with van der Waals surface area (Å²) in [5.74, 6) is -0.465. The first kappa shape index (κ1) is 25.4. The maximum absolute atomic E-state index is 14.7. The second-order valence-corrected chi connectivity index (χ2v) is 9.66. The van der Waals surface area contributed by atoms with Gasteiger partial charge in [0.05, 0.1) is 17.1 Å². The number of benzene rings is 2. The van der Waals surface area contributed by atoms with Crippen LogP contribution in [0.5, 0.6) is 0 Å². The van der Waals surface area contributed by atoms with E-state index < -0.39 is 0 Å². The molecule has 2 aromatic carbocycles. The van der Waals surface area contributed by atoms with Gasteiger partial charge in [0.2, 0.25) is 5.91 Å². The number of pyridine rings is 2. The fourth-order valence-electron chi connectivity index (χ4n) is 5.33. The zero-order chi connectivity index (χ0) is 26.8. The molecule has 5 rings (SSSR count). The number of rotatable bonds is 6. The Labute approximate surface area is 221 Å². The van der Waals surface area contributed by atoms with E-state index in [0.717, 1.165) is 35.2 Å². The Morgan fingerprint density at radius 2 is 1.84 bits per heavy atom. The molecule has 194 valence electrons. The van der Waals surface area contributed by atoms with Crippen LogP contribution in [0.15, 0.2) is 84.2 Å². The summed E-state index contributed by atoms with van der Waals surface area (Å²) in [6, 6.07) is 19.7. The van der Waals surface area contributed by atoms with Crippen molar-refractivity contribution in [2.24, 2.45) is 0 Å². The molecule has 1 aliphatic heterocycles. The number of amides is 1. The Morgan fingerprint density at radius 1 is 1.08 bits per heavy atom. The van der Waals surface area contributed by atoms with E-state index in [2.05, 4.69) is 18.4 Å². The van der Waals surface area contributed by atoms with Crippen molar-refractivity contribution < 1.29 is 9.18 Å². The summed E-state index contributed by atoms with van der Waals surface area (Å²) in [4.78, 5) is 34.9. The van der Waals surface area contributed by atoms with Crippen LogP contribution in [0.3, 0.4) is 0 Å². The first-order valence-electron chi connectivity index (χ1n) is 13.0. The van der Waals surface area contributed by atoms with Crippen molar-refractivity contribution in [2.45, 2.75) is 32.7 Å². The minimum atomic E-state index is -0.368. The van der Waals surface area contributed by atoms with E-state index in [0.29, 0.717) is 36.5 Å². The molecule has 0 saturated carbocycles. The maximum Gasteiger partial charge on any atom is 0.258 e. The lowest BCUT2D eigenvalue weighted by Gasteiger charge is -2.41. The number of nitrogens with zero attached hydrogens (tertiary/aromatic N) is 4. The highest BCUT2D eigenvalue weighted by Gasteiger charge is 2.28. The number of piperazine rings is 1. The van der Waals surface area contributed by atoms with E-state index in [4.69, 9.17) is 4.98 Å². The molecular formula is C31H31FN4O2. The number of hydrogen-bond acceptors (Lipinski definition) is 4. The van der Waals surface area contributed by atoms with Crippen molar-refractivity contribution in [3.63, 3.8) is 0 Å². The molecule has 0 radical (unpaired) electrons. The molecule has 0 bridgehead atoms. The van der Waals surface area contributed by atoms with Gasteiger partial charge in [-0.2, -0.15) is 0 Å². The van der Waals surface area contributed by atoms with Gasteiger partial charge in [-0.05, 0) is 55.3 Å². The second kappa shape index (κ2) is 10.6. The third-order valence-corrected chi connectivity index (χ3v) is 7.17. The van der Waals surface area contributed by atoms with Gasteiger partial charge in [0.15, 0.2) is 0 Å². The molecule has 0 spiro atoms. The second-order valence-electron chi connectivity index (χ2n) is 9.66. The van der Waals surface area contributed by atoms with Crippen molar-refractivity contribution in [2.75, 3.05) is 24.5 Å². The van der Waals surface area contributed by atoms with Gasteiger partial charge in [-0.25, -0.2) is 9.37 Å². The topological polar surface area (TPSA) is 58.4 Å². The molecule has 7 heteroatoms. The van der Waals surface area contributed by atoms with Gasteiger partial charge < -0.3 is 9.80 Å². The van der Waals surface area contributed by atoms with Crippen LogP contribution in [0, 0.1) is 5.82 Å². The number of carbonyl (C=O) groups excluding carboxylic acids is 1. The summed E-state index contributed by atoms with van der Waals surface area (Å²) in [5, 5.41) is 0.798. The van der Waals surface area contributed by atoms with Crippen LogP contribution in [-0.2, 0) is 11.2 Å². The summed E-state index contributed by atoms with van der Waals surface area (Å²) in [6.45, 7) is 9.37. The van der Waals surface area contributed by atoms with E-state index in [1.54, 1.807) is 39.8 Å². The molecule has 1 aliphatic rings. The summed E-state index contributed by atoms with van der Waals surface area (Å²) < 4.78 is 16.4. The fraction of sp³-hybridized carbons (Fsp3) is 0.258. The van der Waals surface area contributed by atoms with E-state index in [-0.39, 0.29) is 23.3 Å². The lowest BCUT2D eigenvalue weighted by Crippen LogP contribution is -2.53. The number of hydrogen-bond donors (Lipinski definition) is 0. The summed E-state index contributed by atoms with van der Waals surface area (Å²) in [6.07, 6.45) is 3.08. The summed E-state index contributed by atoms with van der Waals surface area (Å²) >= 11 is 0. The van der Waals surface area contributed by atoms with Crippen LogP contribution >= 0.6 is 0 Å². The molecule has 0 N–H and O–H groups in total. The molecule has 1 saturated heterocycles. The van der Waals surface area contributed by atoms with Gasteiger partial charge >= 0.3 is 0 Å². The van der Waals surface area contributed by atoms with E-state index in [9.17, 15) is 14.0 Å². The monoisotopic (exact) mass is 510 g/mol. The predicted molar refractivity (Wildman–Crippen MR) is 150 cm³/mol. The Morgan fingerprint density at radius 3 is 2.58 bits per heavy atom. The van der Waals surface area contributed by atoms with Crippen LogP contribution < -0.4 is 10.5 Å². The van der Waals surface area contributed by atoms with Crippen molar-refractivity contribution >= 4 is 22.6 Å². The van der Waals surface area contributed by atoms with E-state index >= 15 is 0 Å². The highest BCUT2D eigenvalue weighted by Crippen LogP contribution is 2.32. The Hall–Kier alpha value is -4.26. The third kappa shape index (κ3) is 4.60. The number of carbonyl (C=O) groups is 1. The number of aryl methyl sites for hydroxylation is 1. The molecule has 6 nitrogen and oxygen atoms in total. The zero-order valence-electron chi connectivity index (χ0n) is 21.7. The van der Waals surface area contributed by atoms with Crippen molar-refractivity contribution in [1.82, 2.24) is 14.5 Å². The number of anilines is 1. The number of aromatic nitrogens is 2. The summed E-state index contributed by atoms with van der Waals surface area (Å²) in [7, 11) is 0. The number of halogens is 1. The molecule has 1 atom stereocenters. The van der Waals surface area contributed by atoms with Crippen LogP contribution in [0.1, 0.15) is 25.8 Å². The Kier molecular flexibility index (Phi) is 7.09. The average molecular weight is 511 g/mol. The summed E-state index contributed by atoms with van der Waals surface area (Å²) in [5.41, 5.74) is 3.71. The third-order valence-electron chi connectivity index (χ3n) is 7.17. The minimum Gasteiger partial charge on any atom is -0.365 e. The lowest BCUT2D eigenvalue weighted by atomic mass is 10.1. The van der Waals surface area contributed by atoms with Crippen LogP contribution in [0.25, 0.3) is 28.0 Å². The van der Waals surface area contributed by atoms with E-state index in [1.165, 1.54) is 12.1 Å². The molecule has 4 aromatic rings. The van der Waals surface area contributed by atoms with Gasteiger partial charge in [0, 0.05) is 42.7 Å². The van der Waals surface area contributed by atoms with Crippen molar-refractivity contribution in [3.05, 3.63) is 101 Å². The normalized spacial score (nSPS) is 15.6.